The van der Waals surface area contributed by atoms with Crippen LogP contribution in [0.5, 0.6) is 0 Å². The van der Waals surface area contributed by atoms with E-state index in [9.17, 15) is 4.79 Å². The molecule has 1 rings (SSSR count). The summed E-state index contributed by atoms with van der Waals surface area (Å²) in [5.41, 5.74) is 0.823. The number of ketones is 1. The third-order valence-electron chi connectivity index (χ3n) is 1.73. The first-order valence-electron chi connectivity index (χ1n) is 4.21. The zero-order valence-corrected chi connectivity index (χ0v) is 7.99. The number of hydrogen-bond donors (Lipinski definition) is 0. The molecule has 0 aromatic carbocycles. The van der Waals surface area contributed by atoms with Crippen LogP contribution in [0.2, 0.25) is 0 Å². The molecule has 0 saturated heterocycles. The molecule has 0 atom stereocenters. The Morgan fingerprint density at radius 3 is 3.00 bits per heavy atom. The molecule has 0 saturated carbocycles. The third-order valence-corrected chi connectivity index (χ3v) is 1.73. The maximum absolute atomic E-state index is 11.3. The van der Waals surface area contributed by atoms with E-state index in [-0.39, 0.29) is 5.78 Å². The molecule has 0 aliphatic rings. The molecule has 0 radical (unpaired) electrons. The number of rotatable bonds is 5. The summed E-state index contributed by atoms with van der Waals surface area (Å²) < 4.78 is 6.50. The molecule has 1 aromatic rings. The van der Waals surface area contributed by atoms with E-state index < -0.39 is 0 Å². The Morgan fingerprint density at radius 2 is 2.46 bits per heavy atom. The quantitative estimate of drug-likeness (QED) is 0.668. The monoisotopic (exact) mass is 182 g/mol. The molecular formula is C9H14N2O2. The van der Waals surface area contributed by atoms with Crippen molar-refractivity contribution in [3.63, 3.8) is 0 Å². The standard InChI is InChI=1S/C9H14N2O2/c1-11-5-3-8(10-11)7-9(12)4-6-13-2/h3,5H,4,6-7H2,1-2H3. The lowest BCUT2D eigenvalue weighted by Crippen LogP contribution is -2.06. The van der Waals surface area contributed by atoms with E-state index in [4.69, 9.17) is 4.74 Å². The molecule has 0 unspecified atom stereocenters. The van der Waals surface area contributed by atoms with Gasteiger partial charge >= 0.3 is 0 Å². The SMILES string of the molecule is COCCC(=O)Cc1ccn(C)n1. The Balaban J connectivity index is 2.36. The number of carbonyl (C=O) groups is 1. The summed E-state index contributed by atoms with van der Waals surface area (Å²) in [6, 6.07) is 1.85. The number of methoxy groups -OCH3 is 1. The van der Waals surface area contributed by atoms with Gasteiger partial charge in [0, 0.05) is 26.8 Å². The lowest BCUT2D eigenvalue weighted by molar-refractivity contribution is -0.119. The van der Waals surface area contributed by atoms with Crippen molar-refractivity contribution >= 4 is 5.78 Å². The van der Waals surface area contributed by atoms with Crippen molar-refractivity contribution in [1.29, 1.82) is 0 Å². The highest BCUT2D eigenvalue weighted by Gasteiger charge is 2.05. The van der Waals surface area contributed by atoms with E-state index >= 15 is 0 Å². The lowest BCUT2D eigenvalue weighted by atomic mass is 10.2. The van der Waals surface area contributed by atoms with Crippen LogP contribution in [0.25, 0.3) is 0 Å². The van der Waals surface area contributed by atoms with Gasteiger partial charge in [0.15, 0.2) is 0 Å². The maximum Gasteiger partial charge on any atom is 0.141 e. The number of aromatic nitrogens is 2. The minimum Gasteiger partial charge on any atom is -0.384 e. The molecule has 0 aliphatic heterocycles. The number of aryl methyl sites for hydroxylation is 1. The second-order valence-electron chi connectivity index (χ2n) is 2.94. The van der Waals surface area contributed by atoms with Crippen molar-refractivity contribution in [2.24, 2.45) is 7.05 Å². The van der Waals surface area contributed by atoms with Gasteiger partial charge in [0.2, 0.25) is 0 Å². The number of ether oxygens (including phenoxy) is 1. The van der Waals surface area contributed by atoms with Gasteiger partial charge in [-0.15, -0.1) is 0 Å². The molecule has 0 bridgehead atoms. The van der Waals surface area contributed by atoms with Gasteiger partial charge in [-0.2, -0.15) is 5.10 Å². The predicted molar refractivity (Wildman–Crippen MR) is 48.4 cm³/mol. The normalized spacial score (nSPS) is 10.3. The highest BCUT2D eigenvalue weighted by Crippen LogP contribution is 1.98. The van der Waals surface area contributed by atoms with Gasteiger partial charge in [-0.05, 0) is 6.07 Å². The van der Waals surface area contributed by atoms with E-state index in [0.717, 1.165) is 5.69 Å². The number of nitrogens with zero attached hydrogens (tertiary/aromatic N) is 2. The van der Waals surface area contributed by atoms with Crippen LogP contribution in [-0.4, -0.2) is 29.3 Å². The van der Waals surface area contributed by atoms with Gasteiger partial charge in [-0.3, -0.25) is 9.48 Å². The van der Waals surface area contributed by atoms with Crippen molar-refractivity contribution in [2.75, 3.05) is 13.7 Å². The molecule has 0 amide bonds. The molecule has 1 aromatic heterocycles. The van der Waals surface area contributed by atoms with Gasteiger partial charge in [0.05, 0.1) is 18.7 Å². The molecule has 0 fully saturated rings. The summed E-state index contributed by atoms with van der Waals surface area (Å²) in [6.45, 7) is 0.492. The minimum absolute atomic E-state index is 0.167. The molecule has 4 heteroatoms. The summed E-state index contributed by atoms with van der Waals surface area (Å²) in [7, 11) is 3.43. The van der Waals surface area contributed by atoms with E-state index in [1.54, 1.807) is 11.8 Å². The first kappa shape index (κ1) is 9.92. The van der Waals surface area contributed by atoms with E-state index in [1.165, 1.54) is 0 Å². The lowest BCUT2D eigenvalue weighted by Gasteiger charge is -1.96. The topological polar surface area (TPSA) is 44.1 Å². The summed E-state index contributed by atoms with van der Waals surface area (Å²) in [4.78, 5) is 11.3. The second kappa shape index (κ2) is 4.77. The molecule has 1 heterocycles. The Bertz CT molecular complexity index is 281. The molecule has 72 valence electrons. The van der Waals surface area contributed by atoms with E-state index in [0.29, 0.717) is 19.4 Å². The van der Waals surface area contributed by atoms with Crippen LogP contribution >= 0.6 is 0 Å². The van der Waals surface area contributed by atoms with Gasteiger partial charge in [0.1, 0.15) is 5.78 Å². The number of Topliss-reactive ketones (excluding diaryl/α,β-unsaturated/α-hetero) is 1. The number of hydrogen-bond acceptors (Lipinski definition) is 3. The zero-order valence-electron chi connectivity index (χ0n) is 7.99. The Morgan fingerprint density at radius 1 is 1.69 bits per heavy atom. The van der Waals surface area contributed by atoms with Gasteiger partial charge in [-0.25, -0.2) is 0 Å². The van der Waals surface area contributed by atoms with Crippen molar-refractivity contribution in [2.45, 2.75) is 12.8 Å². The molecular weight excluding hydrogens is 168 g/mol. The number of carbonyl (C=O) groups excluding carboxylic acids is 1. The van der Waals surface area contributed by atoms with Crippen LogP contribution in [0.4, 0.5) is 0 Å². The van der Waals surface area contributed by atoms with Crippen LogP contribution in [0.3, 0.4) is 0 Å². The summed E-state index contributed by atoms with van der Waals surface area (Å²) in [5.74, 6) is 0.167. The molecule has 13 heavy (non-hydrogen) atoms. The maximum atomic E-state index is 11.3. The van der Waals surface area contributed by atoms with Gasteiger partial charge in [-0.1, -0.05) is 0 Å². The smallest absolute Gasteiger partial charge is 0.141 e. The fourth-order valence-corrected chi connectivity index (χ4v) is 1.06. The Hall–Kier alpha value is -1.16. The molecule has 4 nitrogen and oxygen atoms in total. The van der Waals surface area contributed by atoms with Crippen LogP contribution in [0.15, 0.2) is 12.3 Å². The highest BCUT2D eigenvalue weighted by molar-refractivity contribution is 5.80. The minimum atomic E-state index is 0.167. The average molecular weight is 182 g/mol. The highest BCUT2D eigenvalue weighted by atomic mass is 16.5. The Labute approximate surface area is 77.5 Å². The van der Waals surface area contributed by atoms with Crippen molar-refractivity contribution in [3.05, 3.63) is 18.0 Å². The second-order valence-corrected chi connectivity index (χ2v) is 2.94. The largest absolute Gasteiger partial charge is 0.384 e. The summed E-state index contributed by atoms with van der Waals surface area (Å²) >= 11 is 0. The van der Waals surface area contributed by atoms with E-state index in [2.05, 4.69) is 5.10 Å². The first-order chi connectivity index (χ1) is 6.22. The fourth-order valence-electron chi connectivity index (χ4n) is 1.06. The van der Waals surface area contributed by atoms with Crippen LogP contribution in [-0.2, 0) is 23.0 Å². The average Bonchev–Trinajstić information content (AvgIpc) is 2.48. The zero-order chi connectivity index (χ0) is 9.68. The fraction of sp³-hybridized carbons (Fsp3) is 0.556. The first-order valence-corrected chi connectivity index (χ1v) is 4.21. The van der Waals surface area contributed by atoms with E-state index in [1.807, 2.05) is 19.3 Å². The van der Waals surface area contributed by atoms with Crippen LogP contribution in [0.1, 0.15) is 12.1 Å². The molecule has 0 aliphatic carbocycles. The van der Waals surface area contributed by atoms with Gasteiger partial charge in [0.25, 0.3) is 0 Å². The molecule has 0 N–H and O–H groups in total. The van der Waals surface area contributed by atoms with Crippen molar-refractivity contribution in [3.8, 4) is 0 Å². The van der Waals surface area contributed by atoms with Gasteiger partial charge < -0.3 is 4.74 Å². The molecule has 0 spiro atoms. The predicted octanol–water partition coefficient (Wildman–Crippen LogP) is 0.568. The Kier molecular flexibility index (Phi) is 3.64. The van der Waals surface area contributed by atoms with Crippen LogP contribution in [0, 0.1) is 0 Å². The summed E-state index contributed by atoms with van der Waals surface area (Å²) in [5, 5.41) is 4.11. The van der Waals surface area contributed by atoms with Crippen LogP contribution < -0.4 is 0 Å². The van der Waals surface area contributed by atoms with Crippen molar-refractivity contribution < 1.29 is 9.53 Å². The summed E-state index contributed by atoms with van der Waals surface area (Å²) in [6.07, 6.45) is 2.70. The van der Waals surface area contributed by atoms with Crippen molar-refractivity contribution in [1.82, 2.24) is 9.78 Å². The third kappa shape index (κ3) is 3.38.